The monoisotopic (exact) mass is 343 g/mol. The molecule has 1 aromatic carbocycles. The highest BCUT2D eigenvalue weighted by Gasteiger charge is 2.46. The summed E-state index contributed by atoms with van der Waals surface area (Å²) < 4.78 is 5.43. The summed E-state index contributed by atoms with van der Waals surface area (Å²) in [6.07, 6.45) is 1.94. The SMILES string of the molecule is COc1cccc(C2=C([Si](C)(C)C)C[C@@]3(N)C[C@@H](O)CC3=C2C)c1. The van der Waals surface area contributed by atoms with Crippen LogP contribution in [0.1, 0.15) is 31.7 Å². The van der Waals surface area contributed by atoms with E-state index in [0.717, 1.165) is 12.2 Å². The van der Waals surface area contributed by atoms with Gasteiger partial charge in [0.2, 0.25) is 0 Å². The minimum atomic E-state index is -1.56. The molecule has 0 saturated heterocycles. The summed E-state index contributed by atoms with van der Waals surface area (Å²) >= 11 is 0. The van der Waals surface area contributed by atoms with Gasteiger partial charge in [-0.2, -0.15) is 0 Å². The van der Waals surface area contributed by atoms with E-state index in [1.54, 1.807) is 7.11 Å². The molecule has 4 heteroatoms. The van der Waals surface area contributed by atoms with Crippen LogP contribution < -0.4 is 10.5 Å². The standard InChI is InChI=1S/C20H29NO2Si/c1-13-17-10-15(22)11-20(17,21)12-18(24(3,4)5)19(13)14-7-6-8-16(9-14)23-2/h6-9,15,22H,10-12,21H2,1-5H3/t15-,20-/m0/s1. The molecule has 2 atom stereocenters. The summed E-state index contributed by atoms with van der Waals surface area (Å²) in [6, 6.07) is 8.32. The highest BCUT2D eigenvalue weighted by molar-refractivity contribution is 6.84. The molecule has 1 fully saturated rings. The highest BCUT2D eigenvalue weighted by atomic mass is 28.3. The zero-order valence-electron chi connectivity index (χ0n) is 15.4. The van der Waals surface area contributed by atoms with Crippen LogP contribution in [0.5, 0.6) is 5.75 Å². The van der Waals surface area contributed by atoms with E-state index in [9.17, 15) is 5.11 Å². The van der Waals surface area contributed by atoms with Gasteiger partial charge in [0, 0.05) is 5.54 Å². The van der Waals surface area contributed by atoms with Crippen molar-refractivity contribution in [2.24, 2.45) is 5.73 Å². The van der Waals surface area contributed by atoms with E-state index in [4.69, 9.17) is 10.5 Å². The number of methoxy groups -OCH3 is 1. The fourth-order valence-electron chi connectivity index (χ4n) is 4.35. The zero-order chi connectivity index (χ0) is 17.7. The van der Waals surface area contributed by atoms with Crippen molar-refractivity contribution in [2.45, 2.75) is 57.5 Å². The Morgan fingerprint density at radius 3 is 2.62 bits per heavy atom. The third-order valence-electron chi connectivity index (χ3n) is 5.53. The Balaban J connectivity index is 2.23. The van der Waals surface area contributed by atoms with E-state index in [0.29, 0.717) is 12.8 Å². The minimum Gasteiger partial charge on any atom is -0.497 e. The molecule has 3 nitrogen and oxygen atoms in total. The molecule has 0 unspecified atom stereocenters. The molecule has 0 aliphatic heterocycles. The molecule has 0 radical (unpaired) electrons. The molecule has 0 bridgehead atoms. The van der Waals surface area contributed by atoms with Gasteiger partial charge >= 0.3 is 0 Å². The van der Waals surface area contributed by atoms with Crippen LogP contribution in [-0.4, -0.2) is 31.9 Å². The second-order valence-electron chi connectivity index (χ2n) is 8.33. The summed E-state index contributed by atoms with van der Waals surface area (Å²) in [6.45, 7) is 9.34. The Hall–Kier alpha value is -1.36. The maximum Gasteiger partial charge on any atom is 0.119 e. The molecule has 1 saturated carbocycles. The molecule has 0 heterocycles. The molecule has 3 rings (SSSR count). The Kier molecular flexibility index (Phi) is 4.27. The fourth-order valence-corrected chi connectivity index (χ4v) is 6.28. The summed E-state index contributed by atoms with van der Waals surface area (Å²) in [5, 5.41) is 11.7. The molecule has 24 heavy (non-hydrogen) atoms. The number of aliphatic hydroxyl groups is 1. The van der Waals surface area contributed by atoms with E-state index in [-0.39, 0.29) is 11.6 Å². The molecular weight excluding hydrogens is 314 g/mol. The van der Waals surface area contributed by atoms with Gasteiger partial charge in [0.1, 0.15) is 5.75 Å². The summed E-state index contributed by atoms with van der Waals surface area (Å²) in [5.74, 6) is 0.878. The van der Waals surface area contributed by atoms with Crippen molar-refractivity contribution in [3.8, 4) is 5.75 Å². The van der Waals surface area contributed by atoms with Gasteiger partial charge in [-0.25, -0.2) is 0 Å². The van der Waals surface area contributed by atoms with E-state index in [1.807, 2.05) is 6.07 Å². The third kappa shape index (κ3) is 2.87. The molecule has 0 amide bonds. The first kappa shape index (κ1) is 17.5. The van der Waals surface area contributed by atoms with Crippen molar-refractivity contribution < 1.29 is 9.84 Å². The molecule has 130 valence electrons. The summed E-state index contributed by atoms with van der Waals surface area (Å²) in [5.41, 5.74) is 11.5. The van der Waals surface area contributed by atoms with Crippen molar-refractivity contribution in [2.75, 3.05) is 7.11 Å². The Morgan fingerprint density at radius 2 is 2.00 bits per heavy atom. The van der Waals surface area contributed by atoms with Crippen LogP contribution in [0.2, 0.25) is 19.6 Å². The maximum absolute atomic E-state index is 10.2. The summed E-state index contributed by atoms with van der Waals surface area (Å²) in [7, 11) is 0.148. The normalized spacial score (nSPS) is 27.5. The number of hydrogen-bond donors (Lipinski definition) is 2. The zero-order valence-corrected chi connectivity index (χ0v) is 16.4. The first-order valence-electron chi connectivity index (χ1n) is 8.71. The summed E-state index contributed by atoms with van der Waals surface area (Å²) in [4.78, 5) is 0. The van der Waals surface area contributed by atoms with Gasteiger partial charge < -0.3 is 15.6 Å². The fraction of sp³-hybridized carbons (Fsp3) is 0.500. The van der Waals surface area contributed by atoms with Crippen LogP contribution in [0.25, 0.3) is 5.57 Å². The predicted molar refractivity (Wildman–Crippen MR) is 103 cm³/mol. The molecule has 2 aliphatic rings. The average Bonchev–Trinajstić information content (AvgIpc) is 2.81. The number of allylic oxidation sites excluding steroid dienone is 2. The van der Waals surface area contributed by atoms with Crippen molar-refractivity contribution in [1.29, 1.82) is 0 Å². The lowest BCUT2D eigenvalue weighted by atomic mass is 9.78. The third-order valence-corrected chi connectivity index (χ3v) is 7.76. The van der Waals surface area contributed by atoms with E-state index in [2.05, 4.69) is 44.8 Å². The average molecular weight is 344 g/mol. The number of fused-ring (bicyclic) bond motifs is 1. The van der Waals surface area contributed by atoms with E-state index < -0.39 is 8.07 Å². The van der Waals surface area contributed by atoms with Crippen molar-refractivity contribution in [1.82, 2.24) is 0 Å². The van der Waals surface area contributed by atoms with Gasteiger partial charge in [-0.1, -0.05) is 37.0 Å². The van der Waals surface area contributed by atoms with Crippen LogP contribution in [0, 0.1) is 0 Å². The van der Waals surface area contributed by atoms with Crippen molar-refractivity contribution in [3.63, 3.8) is 0 Å². The lowest BCUT2D eigenvalue weighted by Crippen LogP contribution is -2.45. The number of ether oxygens (including phenoxy) is 1. The molecule has 1 aromatic rings. The van der Waals surface area contributed by atoms with E-state index in [1.165, 1.54) is 27.5 Å². The second-order valence-corrected chi connectivity index (χ2v) is 13.4. The minimum absolute atomic E-state index is 0.313. The lowest BCUT2D eigenvalue weighted by Gasteiger charge is -2.40. The van der Waals surface area contributed by atoms with Crippen LogP contribution in [0.3, 0.4) is 0 Å². The first-order valence-corrected chi connectivity index (χ1v) is 12.2. The van der Waals surface area contributed by atoms with Crippen LogP contribution in [-0.2, 0) is 0 Å². The number of aliphatic hydroxyl groups excluding tert-OH is 1. The smallest absolute Gasteiger partial charge is 0.119 e. The van der Waals surface area contributed by atoms with Crippen LogP contribution in [0.15, 0.2) is 40.6 Å². The molecule has 3 N–H and O–H groups in total. The van der Waals surface area contributed by atoms with Crippen LogP contribution in [0.4, 0.5) is 0 Å². The number of benzene rings is 1. The highest BCUT2D eigenvalue weighted by Crippen LogP contribution is 2.50. The Morgan fingerprint density at radius 1 is 1.29 bits per heavy atom. The van der Waals surface area contributed by atoms with Gasteiger partial charge in [-0.05, 0) is 60.6 Å². The predicted octanol–water partition coefficient (Wildman–Crippen LogP) is 3.90. The number of nitrogens with two attached hydrogens (primary N) is 1. The first-order chi connectivity index (χ1) is 11.2. The quantitative estimate of drug-likeness (QED) is 0.819. The van der Waals surface area contributed by atoms with Crippen molar-refractivity contribution >= 4 is 13.6 Å². The van der Waals surface area contributed by atoms with Gasteiger partial charge in [-0.15, -0.1) is 0 Å². The van der Waals surface area contributed by atoms with Gasteiger partial charge in [0.25, 0.3) is 0 Å². The number of hydrogen-bond acceptors (Lipinski definition) is 3. The van der Waals surface area contributed by atoms with Gasteiger partial charge in [0.15, 0.2) is 0 Å². The Labute approximate surface area is 146 Å². The Bertz CT molecular complexity index is 729. The molecular formula is C20H29NO2Si. The maximum atomic E-state index is 10.2. The lowest BCUT2D eigenvalue weighted by molar-refractivity contribution is 0.174. The van der Waals surface area contributed by atoms with Crippen molar-refractivity contribution in [3.05, 3.63) is 46.2 Å². The van der Waals surface area contributed by atoms with Gasteiger partial charge in [0.05, 0.1) is 21.3 Å². The number of rotatable bonds is 3. The molecule has 2 aliphatic carbocycles. The van der Waals surface area contributed by atoms with E-state index >= 15 is 0 Å². The molecule has 0 spiro atoms. The largest absolute Gasteiger partial charge is 0.497 e. The topological polar surface area (TPSA) is 55.5 Å². The van der Waals surface area contributed by atoms with Gasteiger partial charge in [-0.3, -0.25) is 0 Å². The second kappa shape index (κ2) is 5.87. The van der Waals surface area contributed by atoms with Crippen LogP contribution >= 0.6 is 0 Å². The molecule has 0 aromatic heterocycles.